The maximum atomic E-state index is 11.8. The van der Waals surface area contributed by atoms with E-state index in [0.717, 1.165) is 48.4 Å². The molecule has 4 rings (SSSR count). The number of nitrogens with zero attached hydrogens (tertiary/aromatic N) is 1. The van der Waals surface area contributed by atoms with E-state index in [1.165, 1.54) is 12.3 Å². The molecule has 5 heteroatoms. The number of fused-ring (bicyclic) bond motifs is 3. The second kappa shape index (κ2) is 5.51. The van der Waals surface area contributed by atoms with Crippen molar-refractivity contribution in [3.63, 3.8) is 0 Å². The summed E-state index contributed by atoms with van der Waals surface area (Å²) in [7, 11) is 1.65. The Hall–Kier alpha value is -2.56. The van der Waals surface area contributed by atoms with Gasteiger partial charge in [-0.25, -0.2) is 0 Å². The van der Waals surface area contributed by atoms with Crippen LogP contribution in [0.3, 0.4) is 0 Å². The van der Waals surface area contributed by atoms with E-state index in [0.29, 0.717) is 12.2 Å². The van der Waals surface area contributed by atoms with Gasteiger partial charge in [-0.05, 0) is 43.0 Å². The number of ether oxygens (including phenoxy) is 1. The van der Waals surface area contributed by atoms with Crippen LogP contribution in [0.2, 0.25) is 0 Å². The van der Waals surface area contributed by atoms with E-state index in [2.05, 4.69) is 0 Å². The van der Waals surface area contributed by atoms with E-state index in [9.17, 15) is 9.90 Å². The zero-order valence-electron chi connectivity index (χ0n) is 13.5. The van der Waals surface area contributed by atoms with Crippen LogP contribution in [0.5, 0.6) is 11.5 Å². The molecular formula is C19H19NO4. The molecule has 2 aliphatic rings. The normalized spacial score (nSPS) is 21.8. The van der Waals surface area contributed by atoms with Crippen LogP contribution in [0.4, 0.5) is 5.69 Å². The van der Waals surface area contributed by atoms with Crippen molar-refractivity contribution in [3.05, 3.63) is 52.1 Å². The van der Waals surface area contributed by atoms with Crippen LogP contribution in [0.25, 0.3) is 0 Å². The van der Waals surface area contributed by atoms with Crippen molar-refractivity contribution in [2.45, 2.75) is 37.5 Å². The zero-order chi connectivity index (χ0) is 16.7. The molecule has 0 bridgehead atoms. The fraction of sp³-hybridized carbons (Fsp3) is 0.368. The molecule has 0 saturated heterocycles. The Morgan fingerprint density at radius 2 is 2.21 bits per heavy atom. The third-order valence-corrected chi connectivity index (χ3v) is 5.18. The highest BCUT2D eigenvalue weighted by molar-refractivity contribution is 6.02. The lowest BCUT2D eigenvalue weighted by Gasteiger charge is -2.35. The lowest BCUT2D eigenvalue weighted by molar-refractivity contribution is 0.361. The summed E-state index contributed by atoms with van der Waals surface area (Å²) in [6.07, 6.45) is 5.81. The van der Waals surface area contributed by atoms with E-state index < -0.39 is 5.43 Å². The van der Waals surface area contributed by atoms with E-state index in [1.807, 2.05) is 18.2 Å². The van der Waals surface area contributed by atoms with Crippen LogP contribution in [-0.4, -0.2) is 17.9 Å². The van der Waals surface area contributed by atoms with E-state index in [1.54, 1.807) is 7.11 Å². The molecule has 1 aliphatic carbocycles. The molecule has 24 heavy (non-hydrogen) atoms. The highest BCUT2D eigenvalue weighted by Gasteiger charge is 2.46. The summed E-state index contributed by atoms with van der Waals surface area (Å²) in [5, 5.41) is 10.1. The van der Waals surface area contributed by atoms with Gasteiger partial charge in [-0.3, -0.25) is 9.79 Å². The summed E-state index contributed by atoms with van der Waals surface area (Å²) >= 11 is 0. The standard InChI is InChI=1S/C19H19NO4/c1-23-12-5-6-14-13(10-12)19(8-3-2-4-17(19)20-14)11-16-18(22)15(21)7-9-24-16/h5-7,9-10,22H,2-4,8,11H2,1H3/t19-/m1/s1. The predicted octanol–water partition coefficient (Wildman–Crippen LogP) is 3.49. The molecule has 0 unspecified atom stereocenters. The van der Waals surface area contributed by atoms with Gasteiger partial charge in [0.25, 0.3) is 0 Å². The maximum absolute atomic E-state index is 11.8. The first kappa shape index (κ1) is 15.0. The van der Waals surface area contributed by atoms with Gasteiger partial charge in [-0.1, -0.05) is 6.42 Å². The van der Waals surface area contributed by atoms with Crippen LogP contribution >= 0.6 is 0 Å². The zero-order valence-corrected chi connectivity index (χ0v) is 13.5. The highest BCUT2D eigenvalue weighted by atomic mass is 16.5. The van der Waals surface area contributed by atoms with Crippen molar-refractivity contribution in [2.75, 3.05) is 7.11 Å². The number of benzene rings is 1. The SMILES string of the molecule is COc1ccc2c(c1)[C@]1(Cc3occc(=O)c3O)CCCCC1=N2. The molecule has 1 atom stereocenters. The molecule has 124 valence electrons. The van der Waals surface area contributed by atoms with Crippen LogP contribution in [0.15, 0.2) is 44.7 Å². The van der Waals surface area contributed by atoms with Crippen molar-refractivity contribution >= 4 is 11.4 Å². The number of aliphatic imine (C=N–C) groups is 1. The van der Waals surface area contributed by atoms with Crippen LogP contribution < -0.4 is 10.2 Å². The molecule has 1 saturated carbocycles. The quantitative estimate of drug-likeness (QED) is 0.937. The Labute approximate surface area is 139 Å². The number of rotatable bonds is 3. The Kier molecular flexibility index (Phi) is 3.44. The predicted molar refractivity (Wildman–Crippen MR) is 90.6 cm³/mol. The number of hydrogen-bond acceptors (Lipinski definition) is 5. The lowest BCUT2D eigenvalue weighted by Crippen LogP contribution is -2.38. The maximum Gasteiger partial charge on any atom is 0.226 e. The fourth-order valence-electron chi connectivity index (χ4n) is 3.96. The van der Waals surface area contributed by atoms with Gasteiger partial charge in [-0.15, -0.1) is 0 Å². The van der Waals surface area contributed by atoms with E-state index in [-0.39, 0.29) is 11.2 Å². The average Bonchev–Trinajstić information content (AvgIpc) is 2.92. The Morgan fingerprint density at radius 3 is 3.04 bits per heavy atom. The van der Waals surface area contributed by atoms with E-state index >= 15 is 0 Å². The smallest absolute Gasteiger partial charge is 0.226 e. The number of methoxy groups -OCH3 is 1. The summed E-state index contributed by atoms with van der Waals surface area (Å²) < 4.78 is 10.9. The molecule has 0 radical (unpaired) electrons. The van der Waals surface area contributed by atoms with Crippen LogP contribution in [0.1, 0.15) is 37.0 Å². The molecule has 1 aromatic heterocycles. The van der Waals surface area contributed by atoms with Gasteiger partial charge in [0.2, 0.25) is 11.2 Å². The summed E-state index contributed by atoms with van der Waals surface area (Å²) in [4.78, 5) is 16.6. The summed E-state index contributed by atoms with van der Waals surface area (Å²) in [5.41, 5.74) is 2.43. The average molecular weight is 325 g/mol. The van der Waals surface area contributed by atoms with Crippen molar-refractivity contribution in [1.29, 1.82) is 0 Å². The highest BCUT2D eigenvalue weighted by Crippen LogP contribution is 2.50. The molecule has 0 spiro atoms. The minimum Gasteiger partial charge on any atom is -0.502 e. The van der Waals surface area contributed by atoms with Gasteiger partial charge in [0.1, 0.15) is 5.75 Å². The van der Waals surface area contributed by atoms with Gasteiger partial charge < -0.3 is 14.3 Å². The first-order valence-electron chi connectivity index (χ1n) is 8.20. The molecule has 0 amide bonds. The summed E-state index contributed by atoms with van der Waals surface area (Å²) in [6.45, 7) is 0. The van der Waals surface area contributed by atoms with Crippen LogP contribution in [0, 0.1) is 0 Å². The number of aromatic hydroxyl groups is 1. The van der Waals surface area contributed by atoms with Gasteiger partial charge in [0, 0.05) is 23.6 Å². The Balaban J connectivity index is 1.86. The molecular weight excluding hydrogens is 306 g/mol. The largest absolute Gasteiger partial charge is 0.502 e. The monoisotopic (exact) mass is 325 g/mol. The summed E-state index contributed by atoms with van der Waals surface area (Å²) in [5.74, 6) is 0.815. The fourth-order valence-corrected chi connectivity index (χ4v) is 3.96. The lowest BCUT2D eigenvalue weighted by atomic mass is 9.66. The van der Waals surface area contributed by atoms with E-state index in [4.69, 9.17) is 14.1 Å². The molecule has 1 aromatic carbocycles. The minimum absolute atomic E-state index is 0.298. The molecule has 5 nitrogen and oxygen atoms in total. The molecule has 2 heterocycles. The van der Waals surface area contributed by atoms with Crippen molar-refractivity contribution in [1.82, 2.24) is 0 Å². The number of hydrogen-bond donors (Lipinski definition) is 1. The third kappa shape index (κ3) is 2.15. The van der Waals surface area contributed by atoms with Crippen molar-refractivity contribution in [3.8, 4) is 11.5 Å². The minimum atomic E-state index is -0.411. The van der Waals surface area contributed by atoms with Gasteiger partial charge >= 0.3 is 0 Å². The molecule has 1 aliphatic heterocycles. The topological polar surface area (TPSA) is 72.0 Å². The third-order valence-electron chi connectivity index (χ3n) is 5.18. The second-order valence-electron chi connectivity index (χ2n) is 6.46. The first-order chi connectivity index (χ1) is 11.6. The Bertz CT molecular complexity index is 883. The molecule has 1 N–H and O–H groups in total. The van der Waals surface area contributed by atoms with Crippen molar-refractivity contribution in [2.24, 2.45) is 4.99 Å². The molecule has 2 aromatic rings. The van der Waals surface area contributed by atoms with Gasteiger partial charge in [0.05, 0.1) is 19.1 Å². The first-order valence-corrected chi connectivity index (χ1v) is 8.20. The molecule has 1 fully saturated rings. The van der Waals surface area contributed by atoms with Crippen molar-refractivity contribution < 1.29 is 14.3 Å². The van der Waals surface area contributed by atoms with Gasteiger partial charge in [-0.2, -0.15) is 0 Å². The Morgan fingerprint density at radius 1 is 1.33 bits per heavy atom. The van der Waals surface area contributed by atoms with Crippen LogP contribution in [-0.2, 0) is 11.8 Å². The van der Waals surface area contributed by atoms with Gasteiger partial charge in [0.15, 0.2) is 5.76 Å². The second-order valence-corrected chi connectivity index (χ2v) is 6.46. The summed E-state index contributed by atoms with van der Waals surface area (Å²) in [6, 6.07) is 7.14.